The van der Waals surface area contributed by atoms with Gasteiger partial charge in [0.2, 0.25) is 5.91 Å². The lowest BCUT2D eigenvalue weighted by molar-refractivity contribution is -0.132. The lowest BCUT2D eigenvalue weighted by atomic mass is 9.96. The Morgan fingerprint density at radius 3 is 2.75 bits per heavy atom. The first-order valence-electron chi connectivity index (χ1n) is 8.58. The van der Waals surface area contributed by atoms with E-state index in [4.69, 9.17) is 0 Å². The van der Waals surface area contributed by atoms with E-state index in [0.717, 1.165) is 49.6 Å². The third-order valence-corrected chi connectivity index (χ3v) is 5.13. The predicted octanol–water partition coefficient (Wildman–Crippen LogP) is 1.50. The van der Waals surface area contributed by atoms with Crippen molar-refractivity contribution in [2.75, 3.05) is 13.1 Å². The van der Waals surface area contributed by atoms with Gasteiger partial charge in [-0.15, -0.1) is 10.2 Å². The summed E-state index contributed by atoms with van der Waals surface area (Å²) in [5.74, 6) is 1.49. The lowest BCUT2D eigenvalue weighted by Crippen LogP contribution is -2.39. The van der Waals surface area contributed by atoms with Gasteiger partial charge in [-0.05, 0) is 38.7 Å². The SMILES string of the molecule is Cc1nn(C)c(C)c1CCC(=O)N1CCC[C@H](c2nncn2C)C1. The average Bonchev–Trinajstić information content (AvgIpc) is 3.09. The Morgan fingerprint density at radius 1 is 1.33 bits per heavy atom. The first-order valence-corrected chi connectivity index (χ1v) is 8.58. The van der Waals surface area contributed by atoms with Crippen molar-refractivity contribution in [2.45, 2.75) is 45.4 Å². The van der Waals surface area contributed by atoms with Gasteiger partial charge >= 0.3 is 0 Å². The van der Waals surface area contributed by atoms with Crippen LogP contribution >= 0.6 is 0 Å². The van der Waals surface area contributed by atoms with Crippen molar-refractivity contribution in [3.8, 4) is 0 Å². The molecule has 1 aliphatic rings. The van der Waals surface area contributed by atoms with E-state index >= 15 is 0 Å². The van der Waals surface area contributed by atoms with Gasteiger partial charge in [0.1, 0.15) is 12.2 Å². The van der Waals surface area contributed by atoms with Crippen LogP contribution in [0, 0.1) is 13.8 Å². The highest BCUT2D eigenvalue weighted by Crippen LogP contribution is 2.25. The van der Waals surface area contributed by atoms with Crippen molar-refractivity contribution < 1.29 is 4.79 Å². The molecule has 1 aliphatic heterocycles. The third kappa shape index (κ3) is 3.20. The van der Waals surface area contributed by atoms with E-state index in [1.807, 2.05) is 35.2 Å². The molecule has 7 nitrogen and oxygen atoms in total. The second kappa shape index (κ2) is 6.75. The van der Waals surface area contributed by atoms with Gasteiger partial charge in [-0.25, -0.2) is 0 Å². The number of hydrogen-bond donors (Lipinski definition) is 0. The summed E-state index contributed by atoms with van der Waals surface area (Å²) in [6.07, 6.45) is 5.11. The molecule has 0 spiro atoms. The van der Waals surface area contributed by atoms with Gasteiger partial charge in [0, 0.05) is 45.2 Å². The Kier molecular flexibility index (Phi) is 4.69. The quantitative estimate of drug-likeness (QED) is 0.852. The van der Waals surface area contributed by atoms with Crippen LogP contribution in [-0.2, 0) is 25.3 Å². The van der Waals surface area contributed by atoms with Gasteiger partial charge in [-0.1, -0.05) is 0 Å². The number of rotatable bonds is 4. The van der Waals surface area contributed by atoms with Crippen molar-refractivity contribution in [3.63, 3.8) is 0 Å². The number of nitrogens with zero attached hydrogens (tertiary/aromatic N) is 6. The van der Waals surface area contributed by atoms with Crippen LogP contribution in [0.3, 0.4) is 0 Å². The second-order valence-electron chi connectivity index (χ2n) is 6.75. The van der Waals surface area contributed by atoms with E-state index in [9.17, 15) is 4.79 Å². The normalized spacial score (nSPS) is 18.2. The number of aryl methyl sites for hydroxylation is 3. The zero-order chi connectivity index (χ0) is 17.3. The predicted molar refractivity (Wildman–Crippen MR) is 90.6 cm³/mol. The van der Waals surface area contributed by atoms with E-state index in [2.05, 4.69) is 22.2 Å². The van der Waals surface area contributed by atoms with Crippen LogP contribution in [-0.4, -0.2) is 48.4 Å². The fourth-order valence-electron chi connectivity index (χ4n) is 3.65. The van der Waals surface area contributed by atoms with Gasteiger partial charge in [-0.3, -0.25) is 9.48 Å². The molecule has 2 aromatic heterocycles. The van der Waals surface area contributed by atoms with Crippen molar-refractivity contribution >= 4 is 5.91 Å². The number of piperidine rings is 1. The summed E-state index contributed by atoms with van der Waals surface area (Å²) in [5, 5.41) is 12.6. The molecule has 7 heteroatoms. The second-order valence-corrected chi connectivity index (χ2v) is 6.75. The minimum Gasteiger partial charge on any atom is -0.342 e. The zero-order valence-electron chi connectivity index (χ0n) is 15.0. The van der Waals surface area contributed by atoms with Crippen LogP contribution in [0.1, 0.15) is 48.0 Å². The molecule has 2 aromatic rings. The smallest absolute Gasteiger partial charge is 0.222 e. The first kappa shape index (κ1) is 16.7. The molecule has 0 unspecified atom stereocenters. The van der Waals surface area contributed by atoms with E-state index in [-0.39, 0.29) is 11.8 Å². The topological polar surface area (TPSA) is 68.8 Å². The minimum absolute atomic E-state index is 0.226. The summed E-state index contributed by atoms with van der Waals surface area (Å²) in [7, 11) is 3.91. The standard InChI is InChI=1S/C17H26N6O/c1-12-15(13(2)22(4)20-12)7-8-16(24)23-9-5-6-14(10-23)17-19-18-11-21(17)3/h11,14H,5-10H2,1-4H3/t14-/m0/s1. The fraction of sp³-hybridized carbons (Fsp3) is 0.647. The number of likely N-dealkylation sites (tertiary alicyclic amines) is 1. The summed E-state index contributed by atoms with van der Waals surface area (Å²) in [6.45, 7) is 5.66. The van der Waals surface area contributed by atoms with Crippen molar-refractivity contribution in [1.29, 1.82) is 0 Å². The Morgan fingerprint density at radius 2 is 2.12 bits per heavy atom. The van der Waals surface area contributed by atoms with Gasteiger partial charge in [0.05, 0.1) is 5.69 Å². The lowest BCUT2D eigenvalue weighted by Gasteiger charge is -2.32. The largest absolute Gasteiger partial charge is 0.342 e. The molecular weight excluding hydrogens is 304 g/mol. The Balaban J connectivity index is 1.61. The van der Waals surface area contributed by atoms with Gasteiger partial charge in [0.25, 0.3) is 0 Å². The van der Waals surface area contributed by atoms with Crippen molar-refractivity contribution in [3.05, 3.63) is 29.1 Å². The average molecular weight is 330 g/mol. The highest BCUT2D eigenvalue weighted by molar-refractivity contribution is 5.76. The number of aromatic nitrogens is 5. The van der Waals surface area contributed by atoms with E-state index in [1.54, 1.807) is 6.33 Å². The summed E-state index contributed by atoms with van der Waals surface area (Å²) >= 11 is 0. The Labute approximate surface area is 142 Å². The summed E-state index contributed by atoms with van der Waals surface area (Å²) in [5.41, 5.74) is 3.38. The highest BCUT2D eigenvalue weighted by Gasteiger charge is 2.27. The third-order valence-electron chi connectivity index (χ3n) is 5.13. The zero-order valence-corrected chi connectivity index (χ0v) is 15.0. The van der Waals surface area contributed by atoms with Crippen molar-refractivity contribution in [2.24, 2.45) is 14.1 Å². The summed E-state index contributed by atoms with van der Waals surface area (Å²) in [6, 6.07) is 0. The highest BCUT2D eigenvalue weighted by atomic mass is 16.2. The van der Waals surface area contributed by atoms with E-state index < -0.39 is 0 Å². The van der Waals surface area contributed by atoms with Crippen LogP contribution in [0.25, 0.3) is 0 Å². The van der Waals surface area contributed by atoms with Crippen LogP contribution < -0.4 is 0 Å². The Hall–Kier alpha value is -2.18. The molecule has 0 N–H and O–H groups in total. The van der Waals surface area contributed by atoms with Gasteiger partial charge in [-0.2, -0.15) is 5.10 Å². The molecular formula is C17H26N6O. The molecule has 1 saturated heterocycles. The molecule has 0 bridgehead atoms. The van der Waals surface area contributed by atoms with Gasteiger partial charge in [0.15, 0.2) is 0 Å². The van der Waals surface area contributed by atoms with Crippen molar-refractivity contribution in [1.82, 2.24) is 29.4 Å². The molecule has 0 aliphatic carbocycles. The van der Waals surface area contributed by atoms with Crippen LogP contribution in [0.5, 0.6) is 0 Å². The van der Waals surface area contributed by atoms with Crippen LogP contribution in [0.2, 0.25) is 0 Å². The molecule has 0 aromatic carbocycles. The maximum atomic E-state index is 12.7. The number of amides is 1. The molecule has 3 rings (SSSR count). The van der Waals surface area contributed by atoms with Gasteiger partial charge < -0.3 is 9.47 Å². The first-order chi connectivity index (χ1) is 11.5. The maximum absolute atomic E-state index is 12.7. The molecule has 1 amide bonds. The molecule has 0 saturated carbocycles. The molecule has 24 heavy (non-hydrogen) atoms. The maximum Gasteiger partial charge on any atom is 0.222 e. The van der Waals surface area contributed by atoms with E-state index in [1.165, 1.54) is 5.56 Å². The summed E-state index contributed by atoms with van der Waals surface area (Å²) < 4.78 is 3.85. The fourth-order valence-corrected chi connectivity index (χ4v) is 3.65. The van der Waals surface area contributed by atoms with E-state index in [0.29, 0.717) is 6.42 Å². The monoisotopic (exact) mass is 330 g/mol. The van der Waals surface area contributed by atoms with Crippen LogP contribution in [0.15, 0.2) is 6.33 Å². The number of carbonyl (C=O) groups is 1. The molecule has 130 valence electrons. The molecule has 0 radical (unpaired) electrons. The molecule has 3 heterocycles. The number of carbonyl (C=O) groups excluding carboxylic acids is 1. The Bertz CT molecular complexity index is 732. The number of hydrogen-bond acceptors (Lipinski definition) is 4. The molecule has 1 fully saturated rings. The minimum atomic E-state index is 0.226. The molecule has 1 atom stereocenters. The summed E-state index contributed by atoms with van der Waals surface area (Å²) in [4.78, 5) is 14.6. The van der Waals surface area contributed by atoms with Crippen LogP contribution in [0.4, 0.5) is 0 Å².